The van der Waals surface area contributed by atoms with E-state index in [2.05, 4.69) is 20.4 Å². The molecule has 2 aromatic carbocycles. The van der Waals surface area contributed by atoms with Crippen molar-refractivity contribution in [1.82, 2.24) is 19.8 Å². The maximum Gasteiger partial charge on any atom is 0.387 e. The van der Waals surface area contributed by atoms with Gasteiger partial charge in [-0.2, -0.15) is 8.78 Å². The maximum atomic E-state index is 14.3. The second-order valence-corrected chi connectivity index (χ2v) is 10.9. The summed E-state index contributed by atoms with van der Waals surface area (Å²) in [4.78, 5) is 20.8. The van der Waals surface area contributed by atoms with Crippen molar-refractivity contribution in [1.29, 1.82) is 0 Å². The van der Waals surface area contributed by atoms with Crippen LogP contribution in [-0.4, -0.2) is 84.1 Å². The van der Waals surface area contributed by atoms with Gasteiger partial charge in [-0.3, -0.25) is 4.79 Å². The van der Waals surface area contributed by atoms with Crippen LogP contribution in [-0.2, 0) is 10.3 Å². The molecule has 1 aliphatic heterocycles. The minimum atomic E-state index is -2.92. The molecule has 1 aromatic heterocycles. The Morgan fingerprint density at radius 1 is 1.19 bits per heavy atom. The van der Waals surface area contributed by atoms with Crippen LogP contribution in [0.3, 0.4) is 0 Å². The minimum Gasteiger partial charge on any atom is -0.433 e. The van der Waals surface area contributed by atoms with Gasteiger partial charge in [0.25, 0.3) is 5.91 Å². The fourth-order valence-corrected chi connectivity index (χ4v) is 6.29. The molecule has 0 radical (unpaired) electrons. The Morgan fingerprint density at radius 3 is 2.74 bits per heavy atom. The zero-order chi connectivity index (χ0) is 29.5. The van der Waals surface area contributed by atoms with Crippen LogP contribution in [0.5, 0.6) is 5.75 Å². The van der Waals surface area contributed by atoms with Crippen LogP contribution in [0.15, 0.2) is 60.9 Å². The third-order valence-corrected chi connectivity index (χ3v) is 8.36. The summed E-state index contributed by atoms with van der Waals surface area (Å²) < 4.78 is 37.9. The molecule has 42 heavy (non-hydrogen) atoms. The van der Waals surface area contributed by atoms with E-state index in [1.807, 2.05) is 39.8 Å². The van der Waals surface area contributed by atoms with Crippen molar-refractivity contribution >= 4 is 11.6 Å². The number of aliphatic hydroxyl groups excluding tert-OH is 1. The number of nitrogens with zero attached hydrogens (tertiary/aromatic N) is 3. The monoisotopic (exact) mass is 583 g/mol. The van der Waals surface area contributed by atoms with Crippen LogP contribution in [0.4, 0.5) is 14.5 Å². The first-order valence-electron chi connectivity index (χ1n) is 14.5. The average Bonchev–Trinajstić information content (AvgIpc) is 3.45. The Balaban J connectivity index is 1.42. The number of aromatic nitrogens is 2. The number of hydrogen-bond acceptors (Lipinski definition) is 7. The summed E-state index contributed by atoms with van der Waals surface area (Å²) in [6.07, 6.45) is 4.86. The van der Waals surface area contributed by atoms with Crippen molar-refractivity contribution in [3.8, 4) is 17.0 Å². The van der Waals surface area contributed by atoms with Crippen molar-refractivity contribution in [2.45, 2.75) is 56.4 Å². The zero-order valence-corrected chi connectivity index (χ0v) is 23.8. The number of imidazole rings is 1. The number of carbonyl (C=O) groups excluding carboxylic acids is 1. The molecule has 9 nitrogen and oxygen atoms in total. The second kappa shape index (κ2) is 13.6. The topological polar surface area (TPSA) is 101 Å². The molecule has 3 atom stereocenters. The number of hydrogen-bond donors (Lipinski definition) is 3. The third kappa shape index (κ3) is 6.28. The number of amides is 1. The summed E-state index contributed by atoms with van der Waals surface area (Å²) >= 11 is 0. The molecule has 226 valence electrons. The number of halogens is 2. The summed E-state index contributed by atoms with van der Waals surface area (Å²) in [5, 5.41) is 17.8. The molecule has 0 unspecified atom stereocenters. The fraction of sp³-hybridized carbons (Fsp3) is 0.484. The van der Waals surface area contributed by atoms with Gasteiger partial charge in [0.2, 0.25) is 0 Å². The van der Waals surface area contributed by atoms with E-state index in [-0.39, 0.29) is 17.7 Å². The Bertz CT molecular complexity index is 1320. The first-order chi connectivity index (χ1) is 20.4. The van der Waals surface area contributed by atoms with E-state index in [1.54, 1.807) is 31.6 Å². The van der Waals surface area contributed by atoms with Crippen LogP contribution in [0.1, 0.15) is 42.6 Å². The van der Waals surface area contributed by atoms with Gasteiger partial charge in [0, 0.05) is 44.9 Å². The van der Waals surface area contributed by atoms with E-state index >= 15 is 0 Å². The normalized spacial score (nSPS) is 22.7. The van der Waals surface area contributed by atoms with Gasteiger partial charge in [0.1, 0.15) is 5.75 Å². The van der Waals surface area contributed by atoms with Gasteiger partial charge < -0.3 is 34.7 Å². The van der Waals surface area contributed by atoms with Crippen LogP contribution >= 0.6 is 0 Å². The van der Waals surface area contributed by atoms with E-state index in [1.165, 1.54) is 6.07 Å². The highest BCUT2D eigenvalue weighted by atomic mass is 19.3. The number of alkyl halides is 2. The molecule has 1 saturated carbocycles. The van der Waals surface area contributed by atoms with Crippen LogP contribution in [0, 0.1) is 0 Å². The highest BCUT2D eigenvalue weighted by Gasteiger charge is 2.44. The summed E-state index contributed by atoms with van der Waals surface area (Å²) in [6, 6.07) is 16.1. The minimum absolute atomic E-state index is 0.0788. The van der Waals surface area contributed by atoms with Crippen LogP contribution in [0.25, 0.3) is 11.3 Å². The van der Waals surface area contributed by atoms with Crippen molar-refractivity contribution in [3.05, 3.63) is 66.6 Å². The predicted octanol–water partition coefficient (Wildman–Crippen LogP) is 4.34. The Morgan fingerprint density at radius 2 is 1.98 bits per heavy atom. The van der Waals surface area contributed by atoms with E-state index in [4.69, 9.17) is 4.74 Å². The Hall–Kier alpha value is -3.54. The number of ether oxygens (including phenoxy) is 2. The average molecular weight is 584 g/mol. The molecule has 0 bridgehead atoms. The van der Waals surface area contributed by atoms with Gasteiger partial charge >= 0.3 is 6.61 Å². The molecule has 2 heterocycles. The lowest BCUT2D eigenvalue weighted by molar-refractivity contribution is -0.0494. The largest absolute Gasteiger partial charge is 0.433 e. The number of benzene rings is 2. The molecule has 2 aliphatic rings. The van der Waals surface area contributed by atoms with Crippen molar-refractivity contribution in [3.63, 3.8) is 0 Å². The third-order valence-electron chi connectivity index (χ3n) is 8.36. The van der Waals surface area contributed by atoms with Gasteiger partial charge in [-0.05, 0) is 31.4 Å². The van der Waals surface area contributed by atoms with Gasteiger partial charge in [-0.15, -0.1) is 0 Å². The highest BCUT2D eigenvalue weighted by molar-refractivity contribution is 5.98. The number of carbonyl (C=O) groups is 1. The molecular weight excluding hydrogens is 544 g/mol. The molecule has 1 amide bonds. The van der Waals surface area contributed by atoms with Crippen molar-refractivity contribution < 1.29 is 28.2 Å². The molecular formula is C31H39F2N5O4. The molecule has 2 fully saturated rings. The van der Waals surface area contributed by atoms with E-state index < -0.39 is 18.3 Å². The van der Waals surface area contributed by atoms with Crippen LogP contribution < -0.4 is 15.4 Å². The highest BCUT2D eigenvalue weighted by Crippen LogP contribution is 2.40. The number of para-hydroxylation sites is 2. The Kier molecular flexibility index (Phi) is 9.71. The summed E-state index contributed by atoms with van der Waals surface area (Å²) in [5.74, 6) is -0.103. The quantitative estimate of drug-likeness (QED) is 0.309. The molecule has 1 saturated heterocycles. The Labute approximate surface area is 244 Å². The fourth-order valence-electron chi connectivity index (χ4n) is 6.29. The van der Waals surface area contributed by atoms with E-state index in [9.17, 15) is 18.7 Å². The predicted molar refractivity (Wildman–Crippen MR) is 156 cm³/mol. The lowest BCUT2D eigenvalue weighted by Gasteiger charge is -2.43. The molecule has 1 aliphatic carbocycles. The summed E-state index contributed by atoms with van der Waals surface area (Å²) in [6.45, 7) is -0.425. The SMILES string of the molecule is COC[C@@]1(n2cnc(C(=O)N3CCNC[C@H]3CCNc3ccccc3OC(F)F)c2-c2ccccc2)CCCC[C@H]1O. The number of piperazine rings is 1. The smallest absolute Gasteiger partial charge is 0.387 e. The van der Waals surface area contributed by atoms with Crippen molar-refractivity contribution in [2.75, 3.05) is 45.2 Å². The van der Waals surface area contributed by atoms with E-state index in [0.29, 0.717) is 69.1 Å². The van der Waals surface area contributed by atoms with E-state index in [0.717, 1.165) is 18.4 Å². The first kappa shape index (κ1) is 29.9. The molecule has 3 aromatic rings. The van der Waals surface area contributed by atoms with Gasteiger partial charge in [-0.1, -0.05) is 55.3 Å². The lowest BCUT2D eigenvalue weighted by atomic mass is 9.79. The summed E-state index contributed by atoms with van der Waals surface area (Å²) in [5.41, 5.74) is 1.59. The summed E-state index contributed by atoms with van der Waals surface area (Å²) in [7, 11) is 1.63. The van der Waals surface area contributed by atoms with Gasteiger partial charge in [0.15, 0.2) is 5.69 Å². The molecule has 3 N–H and O–H groups in total. The van der Waals surface area contributed by atoms with Gasteiger partial charge in [-0.25, -0.2) is 4.98 Å². The first-order valence-corrected chi connectivity index (χ1v) is 14.5. The van der Waals surface area contributed by atoms with Crippen molar-refractivity contribution in [2.24, 2.45) is 0 Å². The standard InChI is InChI=1S/C31H39F2N5O4/c1-41-20-31(15-8-7-13-26(31)39)38-21-36-27(28(38)22-9-3-2-4-10-22)29(40)37-18-17-34-19-23(37)14-16-35-24-11-5-6-12-25(24)42-30(32)33/h2-6,9-12,21,23,26,30,34-35,39H,7-8,13-20H2,1H3/t23-,26-,31+/m1/s1. The molecule has 5 rings (SSSR count). The molecule has 11 heteroatoms. The number of rotatable bonds is 11. The molecule has 0 spiro atoms. The van der Waals surface area contributed by atoms with Crippen LogP contribution in [0.2, 0.25) is 0 Å². The second-order valence-electron chi connectivity index (χ2n) is 10.9. The number of aliphatic hydroxyl groups is 1. The zero-order valence-electron chi connectivity index (χ0n) is 23.8. The lowest BCUT2D eigenvalue weighted by Crippen LogP contribution is -2.54. The van der Waals surface area contributed by atoms with Gasteiger partial charge in [0.05, 0.1) is 36.0 Å². The maximum absolute atomic E-state index is 14.3. The number of anilines is 1. The number of methoxy groups -OCH3 is 1. The number of nitrogens with one attached hydrogen (secondary N) is 2.